The van der Waals surface area contributed by atoms with E-state index in [0.717, 1.165) is 22.2 Å². The molecule has 0 aliphatic carbocycles. The van der Waals surface area contributed by atoms with Crippen molar-refractivity contribution in [1.29, 1.82) is 0 Å². The Hall–Kier alpha value is -2.09. The summed E-state index contributed by atoms with van der Waals surface area (Å²) in [6, 6.07) is 13.8. The zero-order chi connectivity index (χ0) is 12.7. The summed E-state index contributed by atoms with van der Waals surface area (Å²) < 4.78 is 13.8. The molecular formula is C16H14FN. The fraction of sp³-hybridized carbons (Fsp3) is 0.125. The van der Waals surface area contributed by atoms with Crippen LogP contribution in [-0.4, -0.2) is 4.98 Å². The number of nitrogens with one attached hydrogen (secondary N) is 1. The van der Waals surface area contributed by atoms with Crippen LogP contribution in [0, 0.1) is 19.7 Å². The summed E-state index contributed by atoms with van der Waals surface area (Å²) in [7, 11) is 0. The number of hydrogen-bond acceptors (Lipinski definition) is 0. The maximum atomic E-state index is 13.8. The Kier molecular flexibility index (Phi) is 2.44. The fourth-order valence-electron chi connectivity index (χ4n) is 2.23. The second kappa shape index (κ2) is 3.98. The van der Waals surface area contributed by atoms with Crippen LogP contribution in [0.5, 0.6) is 0 Å². The Labute approximate surface area is 105 Å². The van der Waals surface area contributed by atoms with Gasteiger partial charge in [-0.3, -0.25) is 0 Å². The lowest BCUT2D eigenvalue weighted by atomic mass is 10.1. The molecule has 2 aromatic carbocycles. The van der Waals surface area contributed by atoms with Crippen LogP contribution in [0.2, 0.25) is 0 Å². The van der Waals surface area contributed by atoms with Crippen molar-refractivity contribution >= 4 is 10.9 Å². The number of H-pyrrole nitrogens is 1. The molecule has 0 unspecified atom stereocenters. The van der Waals surface area contributed by atoms with Crippen molar-refractivity contribution in [2.24, 2.45) is 0 Å². The number of benzene rings is 2. The number of hydrogen-bond donors (Lipinski definition) is 1. The van der Waals surface area contributed by atoms with E-state index in [-0.39, 0.29) is 5.82 Å². The van der Waals surface area contributed by atoms with Crippen molar-refractivity contribution < 1.29 is 4.39 Å². The molecule has 0 bridgehead atoms. The first kappa shape index (κ1) is 11.0. The smallest absolute Gasteiger partial charge is 0.147 e. The van der Waals surface area contributed by atoms with Crippen molar-refractivity contribution in [3.8, 4) is 11.3 Å². The van der Waals surface area contributed by atoms with E-state index in [1.165, 1.54) is 5.56 Å². The van der Waals surface area contributed by atoms with Crippen molar-refractivity contribution in [2.75, 3.05) is 0 Å². The summed E-state index contributed by atoms with van der Waals surface area (Å²) in [4.78, 5) is 3.15. The van der Waals surface area contributed by atoms with Crippen LogP contribution in [0.4, 0.5) is 4.39 Å². The second-order valence-corrected chi connectivity index (χ2v) is 4.76. The SMILES string of the molecule is Cc1ccc(-c2cc3cc(C)cc(F)c3[nH]2)cc1. The van der Waals surface area contributed by atoms with E-state index in [0.29, 0.717) is 5.52 Å². The minimum absolute atomic E-state index is 0.191. The highest BCUT2D eigenvalue weighted by Gasteiger charge is 2.07. The van der Waals surface area contributed by atoms with Gasteiger partial charge in [0.1, 0.15) is 5.82 Å². The highest BCUT2D eigenvalue weighted by Crippen LogP contribution is 2.26. The number of aromatic nitrogens is 1. The zero-order valence-corrected chi connectivity index (χ0v) is 10.4. The van der Waals surface area contributed by atoms with Crippen LogP contribution in [-0.2, 0) is 0 Å². The molecule has 18 heavy (non-hydrogen) atoms. The molecule has 0 saturated heterocycles. The van der Waals surface area contributed by atoms with Gasteiger partial charge in [0.2, 0.25) is 0 Å². The Morgan fingerprint density at radius 1 is 0.889 bits per heavy atom. The van der Waals surface area contributed by atoms with Crippen LogP contribution in [0.15, 0.2) is 42.5 Å². The van der Waals surface area contributed by atoms with Crippen LogP contribution >= 0.6 is 0 Å². The molecule has 0 amide bonds. The lowest BCUT2D eigenvalue weighted by Crippen LogP contribution is -1.81. The Morgan fingerprint density at radius 2 is 1.61 bits per heavy atom. The first-order valence-electron chi connectivity index (χ1n) is 5.99. The van der Waals surface area contributed by atoms with Gasteiger partial charge in [0, 0.05) is 11.1 Å². The molecule has 0 aliphatic heterocycles. The average molecular weight is 239 g/mol. The molecule has 0 fully saturated rings. The molecule has 0 atom stereocenters. The zero-order valence-electron chi connectivity index (χ0n) is 10.4. The average Bonchev–Trinajstić information content (AvgIpc) is 2.74. The molecule has 0 saturated carbocycles. The number of fused-ring (bicyclic) bond motifs is 1. The van der Waals surface area contributed by atoms with Gasteiger partial charge in [0.15, 0.2) is 0 Å². The molecule has 1 aromatic heterocycles. The quantitative estimate of drug-likeness (QED) is 0.639. The third-order valence-electron chi connectivity index (χ3n) is 3.19. The van der Waals surface area contributed by atoms with Crippen LogP contribution in [0.1, 0.15) is 11.1 Å². The van der Waals surface area contributed by atoms with E-state index in [1.54, 1.807) is 6.07 Å². The van der Waals surface area contributed by atoms with Gasteiger partial charge in [0.25, 0.3) is 0 Å². The van der Waals surface area contributed by atoms with Crippen molar-refractivity contribution in [1.82, 2.24) is 4.98 Å². The van der Waals surface area contributed by atoms with Crippen LogP contribution in [0.3, 0.4) is 0 Å². The summed E-state index contributed by atoms with van der Waals surface area (Å²) >= 11 is 0. The van der Waals surface area contributed by atoms with Gasteiger partial charge in [0.05, 0.1) is 5.52 Å². The number of aromatic amines is 1. The van der Waals surface area contributed by atoms with Gasteiger partial charge >= 0.3 is 0 Å². The summed E-state index contributed by atoms with van der Waals surface area (Å²) in [5, 5.41) is 0.920. The minimum atomic E-state index is -0.191. The van der Waals surface area contributed by atoms with E-state index in [4.69, 9.17) is 0 Å². The molecule has 3 aromatic rings. The van der Waals surface area contributed by atoms with Crippen LogP contribution in [0.25, 0.3) is 22.2 Å². The monoisotopic (exact) mass is 239 g/mol. The van der Waals surface area contributed by atoms with E-state index < -0.39 is 0 Å². The molecule has 3 rings (SSSR count). The van der Waals surface area contributed by atoms with E-state index in [1.807, 2.05) is 31.2 Å². The summed E-state index contributed by atoms with van der Waals surface area (Å²) in [6.07, 6.45) is 0. The largest absolute Gasteiger partial charge is 0.352 e. The Balaban J connectivity index is 2.19. The standard InChI is InChI=1S/C16H14FN/c1-10-3-5-12(6-4-10)15-9-13-7-11(2)8-14(17)16(13)18-15/h3-9,18H,1-2H3. The number of halogens is 1. The predicted molar refractivity (Wildman–Crippen MR) is 73.2 cm³/mol. The fourth-order valence-corrected chi connectivity index (χ4v) is 2.23. The van der Waals surface area contributed by atoms with Gasteiger partial charge in [-0.25, -0.2) is 4.39 Å². The highest BCUT2D eigenvalue weighted by atomic mass is 19.1. The van der Waals surface area contributed by atoms with Gasteiger partial charge in [-0.1, -0.05) is 29.8 Å². The normalized spacial score (nSPS) is 11.1. The molecule has 2 heteroatoms. The maximum absolute atomic E-state index is 13.8. The second-order valence-electron chi connectivity index (χ2n) is 4.76. The third-order valence-corrected chi connectivity index (χ3v) is 3.19. The van der Waals surface area contributed by atoms with Crippen molar-refractivity contribution in [2.45, 2.75) is 13.8 Å². The van der Waals surface area contributed by atoms with Gasteiger partial charge in [-0.2, -0.15) is 0 Å². The van der Waals surface area contributed by atoms with Crippen LogP contribution < -0.4 is 0 Å². The Bertz CT molecular complexity index is 708. The van der Waals surface area contributed by atoms with Gasteiger partial charge in [-0.05, 0) is 43.2 Å². The lowest BCUT2D eigenvalue weighted by Gasteiger charge is -1.98. The lowest BCUT2D eigenvalue weighted by molar-refractivity contribution is 0.636. The Morgan fingerprint density at radius 3 is 2.33 bits per heavy atom. The third kappa shape index (κ3) is 1.80. The molecule has 0 spiro atoms. The van der Waals surface area contributed by atoms with E-state index >= 15 is 0 Å². The minimum Gasteiger partial charge on any atom is -0.352 e. The molecular weight excluding hydrogens is 225 g/mol. The molecule has 90 valence electrons. The van der Waals surface area contributed by atoms with Gasteiger partial charge in [-0.15, -0.1) is 0 Å². The molecule has 0 aliphatic rings. The molecule has 1 heterocycles. The first-order valence-corrected chi connectivity index (χ1v) is 5.99. The van der Waals surface area contributed by atoms with Crippen molar-refractivity contribution in [3.63, 3.8) is 0 Å². The van der Waals surface area contributed by atoms with E-state index in [9.17, 15) is 4.39 Å². The van der Waals surface area contributed by atoms with Crippen molar-refractivity contribution in [3.05, 3.63) is 59.4 Å². The number of rotatable bonds is 1. The highest BCUT2D eigenvalue weighted by molar-refractivity contribution is 5.86. The van der Waals surface area contributed by atoms with Gasteiger partial charge < -0.3 is 4.98 Å². The van der Waals surface area contributed by atoms with E-state index in [2.05, 4.69) is 24.0 Å². The summed E-state index contributed by atoms with van der Waals surface area (Å²) in [5.41, 5.74) is 4.77. The summed E-state index contributed by atoms with van der Waals surface area (Å²) in [5.74, 6) is -0.191. The predicted octanol–water partition coefficient (Wildman–Crippen LogP) is 4.59. The first-order chi connectivity index (χ1) is 8.63. The molecule has 1 nitrogen and oxygen atoms in total. The molecule has 0 radical (unpaired) electrons. The molecule has 1 N–H and O–H groups in total. The summed E-state index contributed by atoms with van der Waals surface area (Å²) in [6.45, 7) is 3.96. The topological polar surface area (TPSA) is 15.8 Å². The maximum Gasteiger partial charge on any atom is 0.147 e. The number of aryl methyl sites for hydroxylation is 2.